The molecule has 5 nitrogen and oxygen atoms in total. The summed E-state index contributed by atoms with van der Waals surface area (Å²) in [5.41, 5.74) is 7.03. The fourth-order valence-electron chi connectivity index (χ4n) is 7.73. The van der Waals surface area contributed by atoms with Crippen molar-refractivity contribution in [3.05, 3.63) is 174 Å². The third-order valence-electron chi connectivity index (χ3n) is 10.3. The van der Waals surface area contributed by atoms with E-state index in [1.54, 1.807) is 0 Å². The molecule has 0 bridgehead atoms. The van der Waals surface area contributed by atoms with Crippen molar-refractivity contribution in [2.24, 2.45) is 0 Å². The zero-order valence-electron chi connectivity index (χ0n) is 30.1. The first kappa shape index (κ1) is 34.9. The zero-order valence-corrected chi connectivity index (χ0v) is 31.7. The van der Waals surface area contributed by atoms with Crippen LogP contribution in [0.4, 0.5) is 0 Å². The smallest absolute Gasteiger partial charge is 0.537 e. The van der Waals surface area contributed by atoms with E-state index in [-0.39, 0.29) is 0 Å². The van der Waals surface area contributed by atoms with Gasteiger partial charge in [-0.2, -0.15) is 0 Å². The number of benzene rings is 8. The second kappa shape index (κ2) is 15.5. The molecular weight excluding hydrogens is 743 g/mol. The number of aromatic nitrogens is 2. The summed E-state index contributed by atoms with van der Waals surface area (Å²) in [7, 11) is 0.712. The van der Waals surface area contributed by atoms with Crippen LogP contribution < -0.4 is 4.65 Å². The first-order valence-corrected chi connectivity index (χ1v) is 19.4. The molecule has 1 aliphatic rings. The van der Waals surface area contributed by atoms with Gasteiger partial charge in [-0.25, -0.2) is 0 Å². The first-order chi connectivity index (χ1) is 27.2. The molecule has 8 aromatic carbocycles. The van der Waals surface area contributed by atoms with E-state index in [1.165, 1.54) is 61.9 Å². The summed E-state index contributed by atoms with van der Waals surface area (Å²) in [6.45, 7) is 2.00. The van der Waals surface area contributed by atoms with Crippen molar-refractivity contribution in [3.8, 4) is 17.1 Å². The standard InChI is InChI=1S/C22H15BNO2.C22H14BrN.C4H8O/c25-23-26-18-11-12-22-20(14-18)19-7-3-4-8-21(19)24(22)17-10-9-15-5-1-2-6-16(15)13-17;23-17-10-12-22-20(14-17)19-7-3-4-8-21(19)24(22)18-11-9-15-5-1-2-6-16(15)13-18;1-2-4-5-3-1/h1-14,25H;1-14H;1-4H2. The lowest BCUT2D eigenvalue weighted by Gasteiger charge is -2.09. The van der Waals surface area contributed by atoms with Crippen molar-refractivity contribution in [2.75, 3.05) is 13.2 Å². The molecule has 1 fully saturated rings. The van der Waals surface area contributed by atoms with Crippen molar-refractivity contribution in [3.63, 3.8) is 0 Å². The Kier molecular flexibility index (Phi) is 9.82. The van der Waals surface area contributed by atoms with Gasteiger partial charge in [0.05, 0.1) is 22.1 Å². The van der Waals surface area contributed by atoms with Gasteiger partial charge in [0.2, 0.25) is 0 Å². The summed E-state index contributed by atoms with van der Waals surface area (Å²) in [6, 6.07) is 59.4. The van der Waals surface area contributed by atoms with Crippen LogP contribution in [0.1, 0.15) is 12.8 Å². The number of rotatable bonds is 4. The molecule has 1 radical (unpaired) electrons. The Morgan fingerprint density at radius 1 is 0.473 bits per heavy atom. The highest BCUT2D eigenvalue weighted by atomic mass is 79.9. The lowest BCUT2D eigenvalue weighted by molar-refractivity contribution is 0.198. The van der Waals surface area contributed by atoms with E-state index in [4.69, 9.17) is 14.4 Å². The van der Waals surface area contributed by atoms with Crippen molar-refractivity contribution in [2.45, 2.75) is 12.8 Å². The highest BCUT2D eigenvalue weighted by molar-refractivity contribution is 9.10. The van der Waals surface area contributed by atoms with Crippen molar-refractivity contribution in [1.29, 1.82) is 0 Å². The number of halogens is 1. The van der Waals surface area contributed by atoms with Gasteiger partial charge in [-0.15, -0.1) is 0 Å². The number of fused-ring (bicyclic) bond motifs is 8. The van der Waals surface area contributed by atoms with Crippen LogP contribution in [0.3, 0.4) is 0 Å². The third kappa shape index (κ3) is 6.87. The molecule has 267 valence electrons. The SMILES string of the molecule is Brc1ccc2c(c1)c1ccccc1n2-c1ccc2ccccc2c1.C1CCOC1.O[B]Oc1ccc2c(c1)c1ccccc1n2-c1ccc2ccccc2c1. The maximum Gasteiger partial charge on any atom is 0.569 e. The first-order valence-electron chi connectivity index (χ1n) is 18.6. The van der Waals surface area contributed by atoms with Crippen LogP contribution in [0.15, 0.2) is 174 Å². The lowest BCUT2D eigenvalue weighted by atomic mass is 10.1. The molecule has 7 heteroatoms. The van der Waals surface area contributed by atoms with E-state index in [2.05, 4.69) is 171 Å². The van der Waals surface area contributed by atoms with Crippen LogP contribution in [0, 0.1) is 0 Å². The molecule has 3 heterocycles. The van der Waals surface area contributed by atoms with Gasteiger partial charge in [0.25, 0.3) is 0 Å². The molecule has 0 saturated carbocycles. The van der Waals surface area contributed by atoms with Gasteiger partial charge >= 0.3 is 7.69 Å². The summed E-state index contributed by atoms with van der Waals surface area (Å²) < 4.78 is 15.8. The van der Waals surface area contributed by atoms with Crippen LogP contribution >= 0.6 is 15.9 Å². The normalized spacial score (nSPS) is 12.5. The van der Waals surface area contributed by atoms with Crippen LogP contribution in [0.5, 0.6) is 5.75 Å². The van der Waals surface area contributed by atoms with Crippen molar-refractivity contribution >= 4 is 88.8 Å². The molecule has 10 aromatic rings. The van der Waals surface area contributed by atoms with Gasteiger partial charge < -0.3 is 23.5 Å². The quantitative estimate of drug-likeness (QED) is 0.181. The van der Waals surface area contributed by atoms with E-state index in [0.29, 0.717) is 13.4 Å². The molecule has 1 saturated heterocycles. The van der Waals surface area contributed by atoms with E-state index in [0.717, 1.165) is 45.2 Å². The number of hydrogen-bond acceptors (Lipinski definition) is 3. The van der Waals surface area contributed by atoms with Crippen LogP contribution in [0.25, 0.3) is 76.5 Å². The molecule has 1 N–H and O–H groups in total. The summed E-state index contributed by atoms with van der Waals surface area (Å²) in [5.74, 6) is 0.612. The molecule has 0 spiro atoms. The summed E-state index contributed by atoms with van der Waals surface area (Å²) in [6.07, 6.45) is 2.56. The Bertz CT molecular complexity index is 2960. The minimum atomic E-state index is 0.612. The van der Waals surface area contributed by atoms with Crippen molar-refractivity contribution in [1.82, 2.24) is 9.13 Å². The van der Waals surface area contributed by atoms with Gasteiger partial charge in [-0.05, 0) is 107 Å². The van der Waals surface area contributed by atoms with Crippen LogP contribution in [-0.4, -0.2) is 35.1 Å². The predicted octanol–water partition coefficient (Wildman–Crippen LogP) is 12.3. The molecule has 1 aliphatic heterocycles. The Balaban J connectivity index is 0.000000128. The maximum absolute atomic E-state index is 8.94. The van der Waals surface area contributed by atoms with E-state index < -0.39 is 0 Å². The van der Waals surface area contributed by atoms with E-state index >= 15 is 0 Å². The second-order valence-corrected chi connectivity index (χ2v) is 14.6. The Morgan fingerprint density at radius 2 is 0.945 bits per heavy atom. The Hall–Kier alpha value is -5.86. The molecule has 11 rings (SSSR count). The molecule has 2 aromatic heterocycles. The van der Waals surface area contributed by atoms with Crippen molar-refractivity contribution < 1.29 is 14.4 Å². The van der Waals surface area contributed by atoms with Gasteiger partial charge in [-0.3, -0.25) is 0 Å². The fraction of sp³-hybridized carbons (Fsp3) is 0.0833. The van der Waals surface area contributed by atoms with E-state index in [1.807, 2.05) is 24.3 Å². The number of ether oxygens (including phenoxy) is 1. The average molecular weight is 781 g/mol. The minimum absolute atomic E-state index is 0.612. The van der Waals surface area contributed by atoms with Gasteiger partial charge in [0.1, 0.15) is 5.75 Å². The van der Waals surface area contributed by atoms with E-state index in [9.17, 15) is 0 Å². The van der Waals surface area contributed by atoms with Crippen LogP contribution in [-0.2, 0) is 4.74 Å². The molecular formula is C48H37BBrN2O3. The van der Waals surface area contributed by atoms with Gasteiger partial charge in [0.15, 0.2) is 0 Å². The van der Waals surface area contributed by atoms with Gasteiger partial charge in [0, 0.05) is 50.6 Å². The Labute approximate surface area is 328 Å². The monoisotopic (exact) mass is 779 g/mol. The second-order valence-electron chi connectivity index (χ2n) is 13.7. The molecule has 0 amide bonds. The summed E-state index contributed by atoms with van der Waals surface area (Å²) in [4.78, 5) is 0. The average Bonchev–Trinajstić information content (AvgIpc) is 4.00. The largest absolute Gasteiger partial charge is 0.569 e. The minimum Gasteiger partial charge on any atom is -0.537 e. The molecule has 0 atom stereocenters. The zero-order chi connectivity index (χ0) is 37.1. The summed E-state index contributed by atoms with van der Waals surface area (Å²) in [5, 5.41) is 18.7. The molecule has 0 unspecified atom stereocenters. The number of para-hydroxylation sites is 2. The number of nitrogens with zero attached hydrogens (tertiary/aromatic N) is 2. The molecule has 0 aliphatic carbocycles. The highest BCUT2D eigenvalue weighted by Crippen LogP contribution is 2.36. The Morgan fingerprint density at radius 3 is 1.47 bits per heavy atom. The third-order valence-corrected chi connectivity index (χ3v) is 10.8. The topological polar surface area (TPSA) is 48.6 Å². The predicted molar refractivity (Wildman–Crippen MR) is 233 cm³/mol. The number of hydrogen-bond donors (Lipinski definition) is 1. The fourth-order valence-corrected chi connectivity index (χ4v) is 8.09. The van der Waals surface area contributed by atoms with Crippen LogP contribution in [0.2, 0.25) is 0 Å². The van der Waals surface area contributed by atoms with Gasteiger partial charge in [-0.1, -0.05) is 113 Å². The maximum atomic E-state index is 8.94. The molecule has 55 heavy (non-hydrogen) atoms. The lowest BCUT2D eigenvalue weighted by Crippen LogP contribution is -1.99. The highest BCUT2D eigenvalue weighted by Gasteiger charge is 2.14. The summed E-state index contributed by atoms with van der Waals surface area (Å²) >= 11 is 3.61.